The van der Waals surface area contributed by atoms with Gasteiger partial charge in [-0.05, 0) is 10.7 Å². The van der Waals surface area contributed by atoms with Gasteiger partial charge in [0.1, 0.15) is 0 Å². The van der Waals surface area contributed by atoms with Crippen molar-refractivity contribution in [3.8, 4) is 0 Å². The van der Waals surface area contributed by atoms with Gasteiger partial charge < -0.3 is 0 Å². The number of anilines is 1. The van der Waals surface area contributed by atoms with E-state index in [2.05, 4.69) is 15.4 Å². The average Bonchev–Trinajstić information content (AvgIpc) is 2.35. The largest absolute Gasteiger partial charge is 0.314 e. The first kappa shape index (κ1) is 7.14. The normalized spacial score (nSPS) is 9.18. The van der Waals surface area contributed by atoms with Crippen LogP contribution in [-0.2, 0) is 0 Å². The van der Waals surface area contributed by atoms with Gasteiger partial charge in [-0.3, -0.25) is 5.21 Å². The lowest BCUT2D eigenvalue weighted by molar-refractivity contribution is -0.554. The summed E-state index contributed by atoms with van der Waals surface area (Å²) >= 11 is 0. The van der Waals surface area contributed by atoms with Crippen LogP contribution < -0.4 is 10.7 Å². The molecule has 1 rings (SSSR count). The number of aromatic nitrogens is 4. The van der Waals surface area contributed by atoms with Crippen LogP contribution in [0.25, 0.3) is 0 Å². The van der Waals surface area contributed by atoms with Crippen LogP contribution in [0, 0.1) is 10.1 Å². The van der Waals surface area contributed by atoms with Gasteiger partial charge in [-0.25, -0.2) is 10.1 Å². The van der Waals surface area contributed by atoms with E-state index in [0.29, 0.717) is 0 Å². The minimum Gasteiger partial charge on any atom is -0.262 e. The van der Waals surface area contributed by atoms with Gasteiger partial charge in [0, 0.05) is 0 Å². The lowest BCUT2D eigenvalue weighted by Crippen LogP contribution is -2.40. The summed E-state index contributed by atoms with van der Waals surface area (Å²) in [6.45, 7) is 0. The first-order valence-corrected chi connectivity index (χ1v) is 2.33. The third kappa shape index (κ3) is 1.72. The molecular formula is CH3N7O3. The number of hydrogen-bond acceptors (Lipinski definition) is 7. The molecule has 0 aliphatic carbocycles. The van der Waals surface area contributed by atoms with E-state index in [4.69, 9.17) is 5.21 Å². The van der Waals surface area contributed by atoms with E-state index in [0.717, 1.165) is 0 Å². The van der Waals surface area contributed by atoms with Gasteiger partial charge in [-0.1, -0.05) is 10.3 Å². The van der Waals surface area contributed by atoms with Crippen molar-refractivity contribution in [1.29, 1.82) is 0 Å². The summed E-state index contributed by atoms with van der Waals surface area (Å²) < 4.78 is 0. The molecule has 0 bridgehead atoms. The number of tetrazole rings is 1. The minimum atomic E-state index is -0.976. The van der Waals surface area contributed by atoms with Gasteiger partial charge >= 0.3 is 5.95 Å². The highest BCUT2D eigenvalue weighted by Crippen LogP contribution is 1.93. The number of nitro groups is 1. The van der Waals surface area contributed by atoms with Gasteiger partial charge in [0.2, 0.25) is 0 Å². The Labute approximate surface area is 58.9 Å². The van der Waals surface area contributed by atoms with Crippen molar-refractivity contribution in [3.05, 3.63) is 10.1 Å². The predicted octanol–water partition coefficient (Wildman–Crippen LogP) is -1.91. The smallest absolute Gasteiger partial charge is 0.262 e. The van der Waals surface area contributed by atoms with E-state index in [1.807, 2.05) is 5.21 Å². The number of hydrazine groups is 2. The zero-order chi connectivity index (χ0) is 8.27. The third-order valence-electron chi connectivity index (χ3n) is 0.700. The predicted molar refractivity (Wildman–Crippen MR) is 28.6 cm³/mol. The summed E-state index contributed by atoms with van der Waals surface area (Å²) in [6, 6.07) is 0. The van der Waals surface area contributed by atoms with E-state index >= 15 is 0 Å². The molecule has 0 aliphatic rings. The fourth-order valence-corrected chi connectivity index (χ4v) is 0.368. The molecule has 0 aromatic carbocycles. The maximum Gasteiger partial charge on any atom is 0.314 e. The summed E-state index contributed by atoms with van der Waals surface area (Å²) in [5.41, 5.74) is 1.37. The summed E-state index contributed by atoms with van der Waals surface area (Å²) in [5.74, 6) is -0.346. The van der Waals surface area contributed by atoms with Crippen molar-refractivity contribution in [2.45, 2.75) is 0 Å². The van der Waals surface area contributed by atoms with Gasteiger partial charge in [-0.2, -0.15) is 5.21 Å². The van der Waals surface area contributed by atoms with E-state index in [9.17, 15) is 10.1 Å². The van der Waals surface area contributed by atoms with Crippen LogP contribution in [-0.4, -0.2) is 30.9 Å². The number of rotatable bonds is 3. The second-order valence-electron chi connectivity index (χ2n) is 1.38. The van der Waals surface area contributed by atoms with E-state index < -0.39 is 5.03 Å². The summed E-state index contributed by atoms with van der Waals surface area (Å²) in [6.07, 6.45) is 0. The van der Waals surface area contributed by atoms with E-state index in [1.165, 1.54) is 5.53 Å². The van der Waals surface area contributed by atoms with Crippen molar-refractivity contribution in [3.63, 3.8) is 0 Å². The highest BCUT2D eigenvalue weighted by atomic mass is 16.7. The number of aromatic amines is 1. The fourth-order valence-electron chi connectivity index (χ4n) is 0.368. The monoisotopic (exact) mass is 161 g/mol. The molecule has 0 fully saturated rings. The van der Waals surface area contributed by atoms with Crippen LogP contribution in [0.5, 0.6) is 0 Å². The second kappa shape index (κ2) is 2.74. The van der Waals surface area contributed by atoms with Crippen molar-refractivity contribution < 1.29 is 10.2 Å². The number of nitrogens with zero attached hydrogens (tertiary/aromatic N) is 5. The molecule has 1 aromatic heterocycles. The van der Waals surface area contributed by atoms with Crippen LogP contribution in [0.1, 0.15) is 0 Å². The van der Waals surface area contributed by atoms with E-state index in [-0.39, 0.29) is 11.1 Å². The molecule has 0 saturated carbocycles. The Kier molecular flexibility index (Phi) is 1.78. The number of nitrogens with one attached hydrogen (secondary N) is 2. The van der Waals surface area contributed by atoms with Crippen molar-refractivity contribution in [1.82, 2.24) is 26.2 Å². The SMILES string of the molecule is O=[N+]([O-])NN(O)c1nn[nH]n1. The Bertz CT molecular complexity index is 230. The summed E-state index contributed by atoms with van der Waals surface area (Å²) in [5, 5.41) is 28.9. The highest BCUT2D eigenvalue weighted by Gasteiger charge is 2.10. The Balaban J connectivity index is 2.56. The van der Waals surface area contributed by atoms with Crippen LogP contribution >= 0.6 is 0 Å². The molecule has 0 amide bonds. The molecule has 0 spiro atoms. The second-order valence-corrected chi connectivity index (χ2v) is 1.38. The van der Waals surface area contributed by atoms with Crippen molar-refractivity contribution in [2.75, 3.05) is 5.17 Å². The standard InChI is InChI=1S/CH3N7O3/c9-7(6-8(10)11)1-2-4-5-3-1/h6,9H,(H,2,3,4,5). The minimum absolute atomic E-state index is 0.0174. The molecule has 0 aliphatic heterocycles. The average molecular weight is 161 g/mol. The Morgan fingerprint density at radius 2 is 2.55 bits per heavy atom. The van der Waals surface area contributed by atoms with Crippen molar-refractivity contribution >= 4 is 5.95 Å². The molecule has 60 valence electrons. The maximum atomic E-state index is 9.71. The van der Waals surface area contributed by atoms with Crippen LogP contribution in [0.4, 0.5) is 5.95 Å². The molecule has 3 N–H and O–H groups in total. The first-order chi connectivity index (χ1) is 5.20. The van der Waals surface area contributed by atoms with Crippen molar-refractivity contribution in [2.24, 2.45) is 0 Å². The van der Waals surface area contributed by atoms with Gasteiger partial charge in [-0.15, -0.1) is 5.10 Å². The summed E-state index contributed by atoms with van der Waals surface area (Å²) in [4.78, 5) is 9.71. The Hall–Kier alpha value is -1.97. The van der Waals surface area contributed by atoms with Gasteiger partial charge in [0.15, 0.2) is 5.03 Å². The zero-order valence-corrected chi connectivity index (χ0v) is 5.00. The molecule has 11 heavy (non-hydrogen) atoms. The number of hydrogen-bond donors (Lipinski definition) is 3. The van der Waals surface area contributed by atoms with E-state index in [1.54, 1.807) is 0 Å². The molecular weight excluding hydrogens is 158 g/mol. The molecule has 0 atom stereocenters. The molecule has 1 aromatic rings. The quantitative estimate of drug-likeness (QED) is 0.345. The molecule has 10 nitrogen and oxygen atoms in total. The first-order valence-electron chi connectivity index (χ1n) is 2.33. The van der Waals surface area contributed by atoms with Gasteiger partial charge in [0.05, 0.1) is 0 Å². The Morgan fingerprint density at radius 3 is 3.00 bits per heavy atom. The van der Waals surface area contributed by atoms with Gasteiger partial charge in [0.25, 0.3) is 0 Å². The molecule has 10 heteroatoms. The summed E-state index contributed by atoms with van der Waals surface area (Å²) in [7, 11) is 0. The number of H-pyrrole nitrogens is 1. The van der Waals surface area contributed by atoms with Crippen LogP contribution in [0.3, 0.4) is 0 Å². The van der Waals surface area contributed by atoms with Crippen LogP contribution in [0.15, 0.2) is 0 Å². The fraction of sp³-hybridized carbons (Fsp3) is 0. The molecule has 0 unspecified atom stereocenters. The lowest BCUT2D eigenvalue weighted by atomic mass is 11.1. The Morgan fingerprint density at radius 1 is 1.82 bits per heavy atom. The lowest BCUT2D eigenvalue weighted by Gasteiger charge is -2.04. The maximum absolute atomic E-state index is 9.71. The molecule has 1 heterocycles. The zero-order valence-electron chi connectivity index (χ0n) is 5.00. The third-order valence-corrected chi connectivity index (χ3v) is 0.700. The molecule has 0 saturated heterocycles. The molecule has 0 radical (unpaired) electrons. The topological polar surface area (TPSA) is 133 Å². The highest BCUT2D eigenvalue weighted by molar-refractivity contribution is 5.15. The van der Waals surface area contributed by atoms with Crippen LogP contribution in [0.2, 0.25) is 0 Å².